The Bertz CT molecular complexity index is 464. The summed E-state index contributed by atoms with van der Waals surface area (Å²) < 4.78 is 22.8. The Morgan fingerprint density at radius 1 is 1.44 bits per heavy atom. The van der Waals surface area contributed by atoms with E-state index in [0.29, 0.717) is 0 Å². The van der Waals surface area contributed by atoms with Gasteiger partial charge in [-0.05, 0) is 17.7 Å². The molecule has 1 aromatic rings. The van der Waals surface area contributed by atoms with Crippen molar-refractivity contribution in [2.24, 2.45) is 5.73 Å². The normalized spacial score (nSPS) is 15.8. The van der Waals surface area contributed by atoms with Crippen LogP contribution in [0, 0.1) is 0 Å². The highest BCUT2D eigenvalue weighted by Crippen LogP contribution is 2.24. The molecule has 0 aliphatic rings. The zero-order valence-electron chi connectivity index (χ0n) is 9.47. The molecule has 3 N–H and O–H groups in total. The topological polar surface area (TPSA) is 80.4 Å². The van der Waals surface area contributed by atoms with Crippen molar-refractivity contribution in [3.05, 3.63) is 29.8 Å². The highest BCUT2D eigenvalue weighted by Gasteiger charge is 2.25. The van der Waals surface area contributed by atoms with Crippen molar-refractivity contribution in [3.8, 4) is 0 Å². The van der Waals surface area contributed by atoms with E-state index in [-0.39, 0.29) is 18.0 Å². The largest absolute Gasteiger partial charge is 0.395 e. The van der Waals surface area contributed by atoms with Crippen LogP contribution in [0.25, 0.3) is 0 Å². The Morgan fingerprint density at radius 2 is 2.06 bits per heavy atom. The molecule has 5 heteroatoms. The number of nitrogens with two attached hydrogens (primary N) is 1. The summed E-state index contributed by atoms with van der Waals surface area (Å²) in [7, 11) is -3.22. The summed E-state index contributed by atoms with van der Waals surface area (Å²) >= 11 is 0. The molecule has 0 bridgehead atoms. The fourth-order valence-electron chi connectivity index (χ4n) is 1.38. The number of benzene rings is 1. The van der Waals surface area contributed by atoms with Gasteiger partial charge in [0.15, 0.2) is 9.84 Å². The van der Waals surface area contributed by atoms with Gasteiger partial charge in [-0.2, -0.15) is 0 Å². The van der Waals surface area contributed by atoms with E-state index in [1.54, 1.807) is 25.1 Å². The van der Waals surface area contributed by atoms with Crippen LogP contribution in [0.5, 0.6) is 0 Å². The van der Waals surface area contributed by atoms with Crippen molar-refractivity contribution in [1.29, 1.82) is 0 Å². The molecule has 1 unspecified atom stereocenters. The van der Waals surface area contributed by atoms with Crippen molar-refractivity contribution < 1.29 is 13.5 Å². The molecule has 0 heterocycles. The minimum absolute atomic E-state index is 0.114. The van der Waals surface area contributed by atoms with Crippen LogP contribution in [-0.2, 0) is 15.3 Å². The molecule has 0 spiro atoms. The Hall–Kier alpha value is -0.910. The first-order valence-electron chi connectivity index (χ1n) is 4.95. The van der Waals surface area contributed by atoms with Crippen LogP contribution in [0.15, 0.2) is 29.2 Å². The molecular weight excluding hydrogens is 226 g/mol. The summed E-state index contributed by atoms with van der Waals surface area (Å²) in [5, 5.41) is 9.30. The zero-order valence-corrected chi connectivity index (χ0v) is 10.3. The summed E-state index contributed by atoms with van der Waals surface area (Å²) in [5.41, 5.74) is 5.74. The van der Waals surface area contributed by atoms with Crippen LogP contribution in [0.4, 0.5) is 0 Å². The second kappa shape index (κ2) is 4.53. The summed E-state index contributed by atoms with van der Waals surface area (Å²) in [6.07, 6.45) is 1.16. The molecule has 0 saturated carbocycles. The lowest BCUT2D eigenvalue weighted by atomic mass is 9.83. The van der Waals surface area contributed by atoms with Gasteiger partial charge < -0.3 is 10.8 Å². The number of rotatable bonds is 4. The number of aliphatic hydroxyl groups is 1. The zero-order chi connectivity index (χ0) is 12.4. The van der Waals surface area contributed by atoms with Gasteiger partial charge in [0.25, 0.3) is 0 Å². The third-order valence-corrected chi connectivity index (χ3v) is 3.87. The first-order valence-corrected chi connectivity index (χ1v) is 6.84. The van der Waals surface area contributed by atoms with E-state index in [4.69, 9.17) is 5.73 Å². The minimum atomic E-state index is -3.22. The highest BCUT2D eigenvalue weighted by atomic mass is 32.2. The van der Waals surface area contributed by atoms with Crippen LogP contribution >= 0.6 is 0 Å². The predicted molar refractivity (Wildman–Crippen MR) is 63.0 cm³/mol. The van der Waals surface area contributed by atoms with Gasteiger partial charge in [-0.15, -0.1) is 0 Å². The maximum Gasteiger partial charge on any atom is 0.175 e. The van der Waals surface area contributed by atoms with Crippen LogP contribution in [0.3, 0.4) is 0 Å². The first-order chi connectivity index (χ1) is 7.33. The van der Waals surface area contributed by atoms with E-state index < -0.39 is 15.3 Å². The van der Waals surface area contributed by atoms with E-state index in [9.17, 15) is 13.5 Å². The fourth-order valence-corrected chi connectivity index (χ4v) is 2.04. The fraction of sp³-hybridized carbons (Fsp3) is 0.455. The molecule has 1 atom stereocenters. The molecule has 90 valence electrons. The van der Waals surface area contributed by atoms with E-state index in [1.807, 2.05) is 0 Å². The van der Waals surface area contributed by atoms with Gasteiger partial charge >= 0.3 is 0 Å². The predicted octanol–water partition coefficient (Wildman–Crippen LogP) is 0.299. The Labute approximate surface area is 96.0 Å². The molecule has 1 aromatic carbocycles. The standard InChI is InChI=1S/C11H17NO3S/c1-11(7-12,8-13)9-4-3-5-10(6-9)16(2,14)15/h3-6,13H,7-8,12H2,1-2H3. The van der Waals surface area contributed by atoms with Crippen molar-refractivity contribution in [1.82, 2.24) is 0 Å². The van der Waals surface area contributed by atoms with Gasteiger partial charge in [-0.1, -0.05) is 19.1 Å². The second-order valence-corrected chi connectivity index (χ2v) is 6.24. The average molecular weight is 243 g/mol. The van der Waals surface area contributed by atoms with E-state index in [0.717, 1.165) is 11.8 Å². The number of sulfone groups is 1. The summed E-state index contributed by atoms with van der Waals surface area (Å²) in [4.78, 5) is 0.248. The molecule has 1 rings (SSSR count). The maximum atomic E-state index is 11.4. The SMILES string of the molecule is CC(CN)(CO)c1cccc(S(C)(=O)=O)c1. The number of hydrogen-bond donors (Lipinski definition) is 2. The van der Waals surface area contributed by atoms with Crippen LogP contribution in [-0.4, -0.2) is 32.9 Å². The Morgan fingerprint density at radius 3 is 2.50 bits per heavy atom. The molecule has 4 nitrogen and oxygen atoms in total. The monoisotopic (exact) mass is 243 g/mol. The molecule has 0 amide bonds. The average Bonchev–Trinajstić information content (AvgIpc) is 2.27. The summed E-state index contributed by atoms with van der Waals surface area (Å²) in [6, 6.07) is 6.54. The Kier molecular flexibility index (Phi) is 3.72. The molecule has 16 heavy (non-hydrogen) atoms. The smallest absolute Gasteiger partial charge is 0.175 e. The van der Waals surface area contributed by atoms with E-state index in [2.05, 4.69) is 0 Å². The first kappa shape index (κ1) is 13.2. The van der Waals surface area contributed by atoms with Crippen molar-refractivity contribution in [3.63, 3.8) is 0 Å². The third-order valence-electron chi connectivity index (χ3n) is 2.76. The minimum Gasteiger partial charge on any atom is -0.395 e. The molecule has 0 saturated heterocycles. The van der Waals surface area contributed by atoms with E-state index in [1.165, 1.54) is 6.07 Å². The van der Waals surface area contributed by atoms with Crippen molar-refractivity contribution in [2.75, 3.05) is 19.4 Å². The Balaban J connectivity index is 3.28. The lowest BCUT2D eigenvalue weighted by molar-refractivity contribution is 0.210. The highest BCUT2D eigenvalue weighted by molar-refractivity contribution is 7.90. The lowest BCUT2D eigenvalue weighted by Gasteiger charge is -2.26. The molecule has 0 fully saturated rings. The third kappa shape index (κ3) is 2.61. The van der Waals surface area contributed by atoms with E-state index >= 15 is 0 Å². The van der Waals surface area contributed by atoms with Crippen LogP contribution in [0.2, 0.25) is 0 Å². The molecule has 0 aliphatic carbocycles. The molecule has 0 aromatic heterocycles. The van der Waals surface area contributed by atoms with Gasteiger partial charge in [0.1, 0.15) is 0 Å². The van der Waals surface area contributed by atoms with Gasteiger partial charge in [0, 0.05) is 18.2 Å². The van der Waals surface area contributed by atoms with Crippen LogP contribution < -0.4 is 5.73 Å². The van der Waals surface area contributed by atoms with Crippen molar-refractivity contribution in [2.45, 2.75) is 17.2 Å². The van der Waals surface area contributed by atoms with Gasteiger partial charge in [0.05, 0.1) is 11.5 Å². The molecular formula is C11H17NO3S. The lowest BCUT2D eigenvalue weighted by Crippen LogP contribution is -2.35. The molecule has 0 aliphatic heterocycles. The van der Waals surface area contributed by atoms with Crippen LogP contribution in [0.1, 0.15) is 12.5 Å². The summed E-state index contributed by atoms with van der Waals surface area (Å²) in [5.74, 6) is 0. The number of aliphatic hydroxyl groups excluding tert-OH is 1. The second-order valence-electron chi connectivity index (χ2n) is 4.22. The molecule has 0 radical (unpaired) electrons. The number of hydrogen-bond acceptors (Lipinski definition) is 4. The summed E-state index contributed by atoms with van der Waals surface area (Å²) in [6.45, 7) is 1.95. The van der Waals surface area contributed by atoms with Gasteiger partial charge in [-0.3, -0.25) is 0 Å². The van der Waals surface area contributed by atoms with Crippen molar-refractivity contribution >= 4 is 9.84 Å². The van der Waals surface area contributed by atoms with Gasteiger partial charge in [-0.25, -0.2) is 8.42 Å². The quantitative estimate of drug-likeness (QED) is 0.797. The van der Waals surface area contributed by atoms with Gasteiger partial charge in [0.2, 0.25) is 0 Å². The maximum absolute atomic E-state index is 11.4.